The number of nitrogens with one attached hydrogen (secondary N) is 3. The minimum absolute atomic E-state index is 0.139. The van der Waals surface area contributed by atoms with Crippen molar-refractivity contribution >= 4 is 35.1 Å². The highest BCUT2D eigenvalue weighted by molar-refractivity contribution is 6.32. The van der Waals surface area contributed by atoms with Crippen LogP contribution in [0, 0.1) is 5.82 Å². The quantitative estimate of drug-likeness (QED) is 0.659. The summed E-state index contributed by atoms with van der Waals surface area (Å²) in [4.78, 5) is 34.5. The number of benzene rings is 2. The van der Waals surface area contributed by atoms with E-state index in [1.807, 2.05) is 0 Å². The standard InChI is InChI=1S/C18H15ClFN3O4/c19-13-7-12(21-16(24)8-14-17(25)23-18(26)22-14)4-5-15(13)27-9-10-2-1-3-11(20)6-10/h1-7,14H,8-9H2,(H,21,24)(H2,22,23,25,26)/t14-/m1/s1. The Morgan fingerprint density at radius 3 is 2.70 bits per heavy atom. The third-order valence-corrected chi connectivity index (χ3v) is 4.04. The fourth-order valence-corrected chi connectivity index (χ4v) is 2.72. The zero-order chi connectivity index (χ0) is 19.4. The van der Waals surface area contributed by atoms with Crippen molar-refractivity contribution in [3.8, 4) is 5.75 Å². The van der Waals surface area contributed by atoms with E-state index in [-0.39, 0.29) is 23.9 Å². The van der Waals surface area contributed by atoms with E-state index in [2.05, 4.69) is 16.0 Å². The van der Waals surface area contributed by atoms with E-state index in [1.165, 1.54) is 18.2 Å². The molecule has 27 heavy (non-hydrogen) atoms. The number of urea groups is 1. The average Bonchev–Trinajstić information content (AvgIpc) is 2.91. The number of anilines is 1. The molecule has 0 saturated carbocycles. The molecule has 1 atom stereocenters. The van der Waals surface area contributed by atoms with E-state index < -0.39 is 23.9 Å². The molecule has 1 fully saturated rings. The van der Waals surface area contributed by atoms with Gasteiger partial charge >= 0.3 is 6.03 Å². The molecule has 3 rings (SSSR count). The summed E-state index contributed by atoms with van der Waals surface area (Å²) < 4.78 is 18.7. The molecule has 140 valence electrons. The second-order valence-corrected chi connectivity index (χ2v) is 6.24. The van der Waals surface area contributed by atoms with Gasteiger partial charge in [-0.05, 0) is 35.9 Å². The van der Waals surface area contributed by atoms with Gasteiger partial charge in [-0.1, -0.05) is 23.7 Å². The fourth-order valence-electron chi connectivity index (χ4n) is 2.48. The van der Waals surface area contributed by atoms with E-state index in [0.29, 0.717) is 17.0 Å². The van der Waals surface area contributed by atoms with Crippen LogP contribution >= 0.6 is 11.6 Å². The van der Waals surface area contributed by atoms with Crippen LogP contribution in [-0.4, -0.2) is 23.9 Å². The van der Waals surface area contributed by atoms with Crippen molar-refractivity contribution in [2.75, 3.05) is 5.32 Å². The third-order valence-electron chi connectivity index (χ3n) is 3.75. The van der Waals surface area contributed by atoms with Crippen molar-refractivity contribution in [1.29, 1.82) is 0 Å². The average molecular weight is 392 g/mol. The molecule has 1 heterocycles. The van der Waals surface area contributed by atoms with Gasteiger partial charge in [0.2, 0.25) is 5.91 Å². The second kappa shape index (κ2) is 8.05. The summed E-state index contributed by atoms with van der Waals surface area (Å²) in [6.45, 7) is 0.139. The number of ether oxygens (including phenoxy) is 1. The Balaban J connectivity index is 1.56. The summed E-state index contributed by atoms with van der Waals surface area (Å²) >= 11 is 6.15. The molecular formula is C18H15ClFN3O4. The summed E-state index contributed by atoms with van der Waals surface area (Å²) in [5.41, 5.74) is 1.06. The van der Waals surface area contributed by atoms with Crippen LogP contribution in [0.3, 0.4) is 0 Å². The van der Waals surface area contributed by atoms with Gasteiger partial charge in [0.1, 0.15) is 24.2 Å². The Morgan fingerprint density at radius 2 is 2.04 bits per heavy atom. The maximum atomic E-state index is 13.2. The van der Waals surface area contributed by atoms with Crippen molar-refractivity contribution in [2.45, 2.75) is 19.1 Å². The predicted octanol–water partition coefficient (Wildman–Crippen LogP) is 2.59. The molecule has 4 amide bonds. The number of halogens is 2. The SMILES string of the molecule is O=C(C[C@H]1NC(=O)NC1=O)Nc1ccc(OCc2cccc(F)c2)c(Cl)c1. The van der Waals surface area contributed by atoms with Crippen molar-refractivity contribution in [3.63, 3.8) is 0 Å². The first-order chi connectivity index (χ1) is 12.9. The van der Waals surface area contributed by atoms with Crippen LogP contribution in [0.15, 0.2) is 42.5 Å². The molecule has 2 aromatic rings. The highest BCUT2D eigenvalue weighted by Gasteiger charge is 2.31. The lowest BCUT2D eigenvalue weighted by Gasteiger charge is -2.11. The van der Waals surface area contributed by atoms with Crippen LogP contribution in [0.1, 0.15) is 12.0 Å². The molecule has 7 nitrogen and oxygen atoms in total. The van der Waals surface area contributed by atoms with Gasteiger partial charge in [0, 0.05) is 5.69 Å². The molecule has 9 heteroatoms. The monoisotopic (exact) mass is 391 g/mol. The lowest BCUT2D eigenvalue weighted by atomic mass is 10.2. The normalized spacial score (nSPS) is 15.9. The fraction of sp³-hybridized carbons (Fsp3) is 0.167. The van der Waals surface area contributed by atoms with Gasteiger partial charge in [0.15, 0.2) is 0 Å². The lowest BCUT2D eigenvalue weighted by molar-refractivity contribution is -0.124. The van der Waals surface area contributed by atoms with E-state index in [1.54, 1.807) is 24.3 Å². The molecule has 0 unspecified atom stereocenters. The molecule has 0 radical (unpaired) electrons. The number of amides is 4. The Bertz CT molecular complexity index is 906. The molecule has 0 spiro atoms. The Morgan fingerprint density at radius 1 is 1.22 bits per heavy atom. The minimum atomic E-state index is -0.901. The largest absolute Gasteiger partial charge is 0.487 e. The van der Waals surface area contributed by atoms with Gasteiger partial charge in [-0.3, -0.25) is 14.9 Å². The van der Waals surface area contributed by atoms with Gasteiger partial charge in [0.25, 0.3) is 5.91 Å². The molecule has 0 aromatic heterocycles. The number of hydrogen-bond acceptors (Lipinski definition) is 4. The smallest absolute Gasteiger partial charge is 0.322 e. The highest BCUT2D eigenvalue weighted by Crippen LogP contribution is 2.28. The van der Waals surface area contributed by atoms with Gasteiger partial charge in [0.05, 0.1) is 11.4 Å². The van der Waals surface area contributed by atoms with E-state index in [4.69, 9.17) is 16.3 Å². The van der Waals surface area contributed by atoms with Gasteiger partial charge in [-0.15, -0.1) is 0 Å². The lowest BCUT2D eigenvalue weighted by Crippen LogP contribution is -2.33. The number of imide groups is 1. The molecule has 0 bridgehead atoms. The highest BCUT2D eigenvalue weighted by atomic mass is 35.5. The molecule has 0 aliphatic carbocycles. The van der Waals surface area contributed by atoms with Crippen LogP contribution in [-0.2, 0) is 16.2 Å². The van der Waals surface area contributed by atoms with E-state index in [0.717, 1.165) is 0 Å². The van der Waals surface area contributed by atoms with Crippen molar-refractivity contribution in [1.82, 2.24) is 10.6 Å². The maximum Gasteiger partial charge on any atom is 0.322 e. The summed E-state index contributed by atoms with van der Waals surface area (Å²) in [7, 11) is 0. The van der Waals surface area contributed by atoms with Crippen LogP contribution < -0.4 is 20.7 Å². The Labute approximate surface area is 158 Å². The number of carbonyl (C=O) groups excluding carboxylic acids is 3. The first kappa shape index (κ1) is 18.7. The summed E-state index contributed by atoms with van der Waals surface area (Å²) in [6.07, 6.45) is -0.201. The first-order valence-corrected chi connectivity index (χ1v) is 8.36. The second-order valence-electron chi connectivity index (χ2n) is 5.83. The maximum absolute atomic E-state index is 13.2. The van der Waals surface area contributed by atoms with Crippen LogP contribution in [0.25, 0.3) is 0 Å². The molecule has 1 aliphatic rings. The van der Waals surface area contributed by atoms with Crippen molar-refractivity contribution in [3.05, 3.63) is 58.9 Å². The Hall–Kier alpha value is -3.13. The zero-order valence-corrected chi connectivity index (χ0v) is 14.7. The molecule has 2 aromatic carbocycles. The zero-order valence-electron chi connectivity index (χ0n) is 13.9. The van der Waals surface area contributed by atoms with E-state index >= 15 is 0 Å². The summed E-state index contributed by atoms with van der Waals surface area (Å²) in [5, 5.41) is 7.25. The third kappa shape index (κ3) is 4.95. The van der Waals surface area contributed by atoms with Gasteiger partial charge < -0.3 is 15.4 Å². The molecule has 3 N–H and O–H groups in total. The van der Waals surface area contributed by atoms with Gasteiger partial charge in [-0.25, -0.2) is 9.18 Å². The van der Waals surface area contributed by atoms with Crippen molar-refractivity contribution < 1.29 is 23.5 Å². The van der Waals surface area contributed by atoms with E-state index in [9.17, 15) is 18.8 Å². The molecule has 1 aliphatic heterocycles. The van der Waals surface area contributed by atoms with Crippen LogP contribution in [0.2, 0.25) is 5.02 Å². The summed E-state index contributed by atoms with van der Waals surface area (Å²) in [6, 6.07) is 9.13. The topological polar surface area (TPSA) is 96.5 Å². The first-order valence-electron chi connectivity index (χ1n) is 7.99. The predicted molar refractivity (Wildman–Crippen MR) is 95.9 cm³/mol. The number of hydrogen-bond donors (Lipinski definition) is 3. The van der Waals surface area contributed by atoms with Crippen molar-refractivity contribution in [2.24, 2.45) is 0 Å². The molecule has 1 saturated heterocycles. The minimum Gasteiger partial charge on any atom is -0.487 e. The number of carbonyl (C=O) groups is 3. The van der Waals surface area contributed by atoms with Crippen LogP contribution in [0.5, 0.6) is 5.75 Å². The van der Waals surface area contributed by atoms with Crippen LogP contribution in [0.4, 0.5) is 14.9 Å². The van der Waals surface area contributed by atoms with Gasteiger partial charge in [-0.2, -0.15) is 0 Å². The number of rotatable bonds is 6. The Kier molecular flexibility index (Phi) is 5.56. The molecular weight excluding hydrogens is 377 g/mol. The summed E-state index contributed by atoms with van der Waals surface area (Å²) in [5.74, 6) is -0.982.